The second-order valence-corrected chi connectivity index (χ2v) is 7.65. The van der Waals surface area contributed by atoms with Crippen molar-refractivity contribution in [2.75, 3.05) is 19.6 Å². The predicted octanol–water partition coefficient (Wildman–Crippen LogP) is 3.49. The second kappa shape index (κ2) is 10.6. The molecule has 29 heavy (non-hydrogen) atoms. The smallest absolute Gasteiger partial charge is 0.335 e. The lowest BCUT2D eigenvalue weighted by Gasteiger charge is -2.24. The number of nitrogens with zero attached hydrogens (tertiary/aromatic N) is 1. The van der Waals surface area contributed by atoms with Crippen LogP contribution in [0, 0.1) is 5.92 Å². The van der Waals surface area contributed by atoms with E-state index in [1.165, 1.54) is 18.4 Å². The Bertz CT molecular complexity index is 793. The molecule has 0 radical (unpaired) electrons. The summed E-state index contributed by atoms with van der Waals surface area (Å²) in [5.41, 5.74) is 2.44. The normalized spacial score (nSPS) is 17.3. The SMILES string of the molecule is O=C(NCc1ccc(C(=O)O)cc1)NCC1CCCCN(Cc2ccccc2)C1. The molecule has 2 amide bonds. The summed E-state index contributed by atoms with van der Waals surface area (Å²) in [7, 11) is 0. The zero-order valence-electron chi connectivity index (χ0n) is 16.6. The molecule has 0 aromatic heterocycles. The molecule has 0 aliphatic carbocycles. The second-order valence-electron chi connectivity index (χ2n) is 7.65. The maximum absolute atomic E-state index is 12.2. The zero-order valence-corrected chi connectivity index (χ0v) is 16.6. The van der Waals surface area contributed by atoms with Crippen LogP contribution in [0.4, 0.5) is 4.79 Å². The molecule has 3 rings (SSSR count). The number of nitrogens with one attached hydrogen (secondary N) is 2. The number of benzene rings is 2. The van der Waals surface area contributed by atoms with Crippen molar-refractivity contribution in [1.29, 1.82) is 0 Å². The highest BCUT2D eigenvalue weighted by Crippen LogP contribution is 2.18. The van der Waals surface area contributed by atoms with Crippen LogP contribution >= 0.6 is 0 Å². The summed E-state index contributed by atoms with van der Waals surface area (Å²) < 4.78 is 0. The van der Waals surface area contributed by atoms with Crippen LogP contribution in [0.5, 0.6) is 0 Å². The van der Waals surface area contributed by atoms with Crippen molar-refractivity contribution in [3.63, 3.8) is 0 Å². The molecular weight excluding hydrogens is 366 g/mol. The number of carboxylic acid groups (broad SMARTS) is 1. The third-order valence-electron chi connectivity index (χ3n) is 5.31. The lowest BCUT2D eigenvalue weighted by molar-refractivity contribution is 0.0697. The average molecular weight is 396 g/mol. The highest BCUT2D eigenvalue weighted by Gasteiger charge is 2.19. The molecule has 0 spiro atoms. The van der Waals surface area contributed by atoms with Crippen molar-refractivity contribution in [2.24, 2.45) is 5.92 Å². The Morgan fingerprint density at radius 3 is 2.45 bits per heavy atom. The summed E-state index contributed by atoms with van der Waals surface area (Å²) >= 11 is 0. The van der Waals surface area contributed by atoms with E-state index in [-0.39, 0.29) is 11.6 Å². The van der Waals surface area contributed by atoms with Crippen molar-refractivity contribution >= 4 is 12.0 Å². The molecule has 1 heterocycles. The minimum Gasteiger partial charge on any atom is -0.478 e. The van der Waals surface area contributed by atoms with Crippen molar-refractivity contribution in [2.45, 2.75) is 32.4 Å². The summed E-state index contributed by atoms with van der Waals surface area (Å²) in [6.07, 6.45) is 3.51. The number of amides is 2. The van der Waals surface area contributed by atoms with Gasteiger partial charge < -0.3 is 15.7 Å². The number of aromatic carboxylic acids is 1. The molecule has 0 bridgehead atoms. The molecule has 2 aromatic rings. The fraction of sp³-hybridized carbons (Fsp3) is 0.391. The van der Waals surface area contributed by atoms with Gasteiger partial charge in [0.15, 0.2) is 0 Å². The van der Waals surface area contributed by atoms with Crippen molar-refractivity contribution in [1.82, 2.24) is 15.5 Å². The first-order valence-electron chi connectivity index (χ1n) is 10.2. The van der Waals surface area contributed by atoms with E-state index in [1.807, 2.05) is 6.07 Å². The summed E-state index contributed by atoms with van der Waals surface area (Å²) in [5, 5.41) is 14.8. The Labute approximate surface area is 171 Å². The molecule has 6 nitrogen and oxygen atoms in total. The number of likely N-dealkylation sites (tertiary alicyclic amines) is 1. The van der Waals surface area contributed by atoms with E-state index in [0.717, 1.165) is 31.6 Å². The minimum absolute atomic E-state index is 0.189. The lowest BCUT2D eigenvalue weighted by atomic mass is 10.0. The molecule has 1 aliphatic rings. The molecule has 6 heteroatoms. The largest absolute Gasteiger partial charge is 0.478 e. The maximum Gasteiger partial charge on any atom is 0.335 e. The van der Waals surface area contributed by atoms with Crippen LogP contribution in [0.25, 0.3) is 0 Å². The van der Waals surface area contributed by atoms with Gasteiger partial charge in [0, 0.05) is 26.2 Å². The van der Waals surface area contributed by atoms with E-state index < -0.39 is 5.97 Å². The Morgan fingerprint density at radius 1 is 0.966 bits per heavy atom. The number of carboxylic acids is 1. The standard InChI is InChI=1S/C23H29N3O3/c27-22(28)21-11-9-18(10-12-21)14-24-23(29)25-15-20-8-4-5-13-26(17-20)16-19-6-2-1-3-7-19/h1-3,6-7,9-12,20H,4-5,8,13-17H2,(H,27,28)(H2,24,25,29). The Hall–Kier alpha value is -2.86. The van der Waals surface area contributed by atoms with Crippen LogP contribution < -0.4 is 10.6 Å². The number of rotatable bonds is 7. The Balaban J connectivity index is 1.41. The minimum atomic E-state index is -0.952. The number of carbonyl (C=O) groups is 2. The van der Waals surface area contributed by atoms with Gasteiger partial charge in [0.25, 0.3) is 0 Å². The summed E-state index contributed by atoms with van der Waals surface area (Å²) in [4.78, 5) is 25.5. The first-order chi connectivity index (χ1) is 14.1. The fourth-order valence-corrected chi connectivity index (χ4v) is 3.72. The van der Waals surface area contributed by atoms with Crippen LogP contribution in [0.15, 0.2) is 54.6 Å². The average Bonchev–Trinajstić information content (AvgIpc) is 2.97. The Kier molecular flexibility index (Phi) is 7.64. The van der Waals surface area contributed by atoms with Gasteiger partial charge in [-0.25, -0.2) is 9.59 Å². The first-order valence-corrected chi connectivity index (χ1v) is 10.2. The number of urea groups is 1. The van der Waals surface area contributed by atoms with E-state index in [0.29, 0.717) is 19.0 Å². The molecule has 1 fully saturated rings. The van der Waals surface area contributed by atoms with Crippen LogP contribution in [0.1, 0.15) is 40.7 Å². The molecule has 154 valence electrons. The maximum atomic E-state index is 12.2. The highest BCUT2D eigenvalue weighted by molar-refractivity contribution is 5.87. The van der Waals surface area contributed by atoms with Crippen molar-refractivity contribution in [3.8, 4) is 0 Å². The zero-order chi connectivity index (χ0) is 20.5. The highest BCUT2D eigenvalue weighted by atomic mass is 16.4. The number of hydrogen-bond donors (Lipinski definition) is 3. The van der Waals surface area contributed by atoms with Crippen LogP contribution in [-0.4, -0.2) is 41.6 Å². The van der Waals surface area contributed by atoms with Gasteiger partial charge in [-0.1, -0.05) is 48.9 Å². The van der Waals surface area contributed by atoms with Gasteiger partial charge in [-0.3, -0.25) is 4.90 Å². The van der Waals surface area contributed by atoms with Gasteiger partial charge in [0.2, 0.25) is 0 Å². The number of hydrogen-bond acceptors (Lipinski definition) is 3. The molecule has 1 unspecified atom stereocenters. The molecule has 3 N–H and O–H groups in total. The molecule has 2 aromatic carbocycles. The molecule has 1 saturated heterocycles. The topological polar surface area (TPSA) is 81.7 Å². The summed E-state index contributed by atoms with van der Waals surface area (Å²) in [6, 6.07) is 16.9. The van der Waals surface area contributed by atoms with Gasteiger partial charge in [0.05, 0.1) is 5.56 Å². The van der Waals surface area contributed by atoms with Crippen LogP contribution in [-0.2, 0) is 13.1 Å². The van der Waals surface area contributed by atoms with Crippen LogP contribution in [0.3, 0.4) is 0 Å². The lowest BCUT2D eigenvalue weighted by Crippen LogP contribution is -2.40. The molecule has 1 atom stereocenters. The van der Waals surface area contributed by atoms with Gasteiger partial charge in [-0.2, -0.15) is 0 Å². The molecule has 0 saturated carbocycles. The van der Waals surface area contributed by atoms with Crippen LogP contribution in [0.2, 0.25) is 0 Å². The van der Waals surface area contributed by atoms with Gasteiger partial charge in [0.1, 0.15) is 0 Å². The van der Waals surface area contributed by atoms with Crippen molar-refractivity contribution < 1.29 is 14.7 Å². The van der Waals surface area contributed by atoms with E-state index in [1.54, 1.807) is 24.3 Å². The van der Waals surface area contributed by atoms with E-state index in [4.69, 9.17) is 5.11 Å². The van der Waals surface area contributed by atoms with E-state index >= 15 is 0 Å². The third-order valence-corrected chi connectivity index (χ3v) is 5.31. The molecule has 1 aliphatic heterocycles. The van der Waals surface area contributed by atoms with E-state index in [2.05, 4.69) is 39.8 Å². The fourth-order valence-electron chi connectivity index (χ4n) is 3.72. The molecular formula is C23H29N3O3. The Morgan fingerprint density at radius 2 is 1.72 bits per heavy atom. The summed E-state index contributed by atoms with van der Waals surface area (Å²) in [6.45, 7) is 4.08. The monoisotopic (exact) mass is 395 g/mol. The third kappa shape index (κ3) is 6.91. The quantitative estimate of drug-likeness (QED) is 0.670. The van der Waals surface area contributed by atoms with Crippen molar-refractivity contribution in [3.05, 3.63) is 71.3 Å². The van der Waals surface area contributed by atoms with Gasteiger partial charge in [-0.15, -0.1) is 0 Å². The predicted molar refractivity (Wildman–Crippen MR) is 113 cm³/mol. The van der Waals surface area contributed by atoms with Gasteiger partial charge >= 0.3 is 12.0 Å². The van der Waals surface area contributed by atoms with E-state index in [9.17, 15) is 9.59 Å². The first kappa shape index (κ1) is 20.9. The number of carbonyl (C=O) groups excluding carboxylic acids is 1. The summed E-state index contributed by atoms with van der Waals surface area (Å²) in [5.74, 6) is -0.506. The van der Waals surface area contributed by atoms with Gasteiger partial charge in [-0.05, 0) is 48.6 Å².